The summed E-state index contributed by atoms with van der Waals surface area (Å²) in [6.07, 6.45) is 3.28. The Morgan fingerprint density at radius 3 is 3.14 bits per heavy atom. The summed E-state index contributed by atoms with van der Waals surface area (Å²) in [5, 5.41) is 3.56. The van der Waals surface area contributed by atoms with Crippen LogP contribution in [-0.2, 0) is 0 Å². The van der Waals surface area contributed by atoms with Gasteiger partial charge in [0, 0.05) is 10.9 Å². The van der Waals surface area contributed by atoms with Crippen molar-refractivity contribution in [3.63, 3.8) is 0 Å². The average molecular weight is 184 g/mol. The van der Waals surface area contributed by atoms with Gasteiger partial charge in [-0.25, -0.2) is 0 Å². The van der Waals surface area contributed by atoms with Crippen LogP contribution in [0.15, 0.2) is 29.3 Å². The Bertz CT molecular complexity index is 592. The first-order valence-electron chi connectivity index (χ1n) is 4.99. The molecule has 1 aromatic carbocycles. The standard InChI is InChI=1S/C12H12N2/c1-8-6-7-11-12(13-8)9-4-2-3-5-10(9)14-11/h2-5,7-8,14H,6H2,1H3. The molecule has 1 unspecified atom stereocenters. The van der Waals surface area contributed by atoms with E-state index in [1.807, 2.05) is 6.07 Å². The fourth-order valence-electron chi connectivity index (χ4n) is 2.00. The van der Waals surface area contributed by atoms with Crippen LogP contribution in [0.5, 0.6) is 0 Å². The van der Waals surface area contributed by atoms with Crippen LogP contribution < -0.4 is 10.7 Å². The summed E-state index contributed by atoms with van der Waals surface area (Å²) in [5.41, 5.74) is 1.19. The molecule has 0 saturated heterocycles. The molecule has 0 aliphatic carbocycles. The molecular formula is C12H12N2. The molecule has 0 fully saturated rings. The van der Waals surface area contributed by atoms with Crippen molar-refractivity contribution in [2.45, 2.75) is 19.4 Å². The Morgan fingerprint density at radius 2 is 2.21 bits per heavy atom. The van der Waals surface area contributed by atoms with Gasteiger partial charge >= 0.3 is 0 Å². The minimum Gasteiger partial charge on any atom is -0.353 e. The summed E-state index contributed by atoms with van der Waals surface area (Å²) in [6.45, 7) is 2.15. The lowest BCUT2D eigenvalue weighted by Crippen LogP contribution is -2.28. The van der Waals surface area contributed by atoms with Gasteiger partial charge in [-0.3, -0.25) is 4.99 Å². The van der Waals surface area contributed by atoms with Crippen LogP contribution >= 0.6 is 0 Å². The van der Waals surface area contributed by atoms with Gasteiger partial charge in [-0.15, -0.1) is 0 Å². The minimum atomic E-state index is 0.418. The summed E-state index contributed by atoms with van der Waals surface area (Å²) in [5.74, 6) is 0. The van der Waals surface area contributed by atoms with E-state index in [0.717, 1.165) is 11.8 Å². The highest BCUT2D eigenvalue weighted by atomic mass is 14.8. The molecule has 0 amide bonds. The molecule has 1 N–H and O–H groups in total. The third-order valence-electron chi connectivity index (χ3n) is 2.72. The number of benzene rings is 1. The maximum absolute atomic E-state index is 4.67. The van der Waals surface area contributed by atoms with Crippen LogP contribution in [0.4, 0.5) is 0 Å². The van der Waals surface area contributed by atoms with Gasteiger partial charge in [-0.05, 0) is 19.4 Å². The molecule has 1 aromatic heterocycles. The molecular weight excluding hydrogens is 172 g/mol. The molecule has 3 rings (SSSR count). The maximum atomic E-state index is 4.67. The lowest BCUT2D eigenvalue weighted by Gasteiger charge is -2.03. The van der Waals surface area contributed by atoms with Crippen molar-refractivity contribution in [1.82, 2.24) is 4.98 Å². The van der Waals surface area contributed by atoms with Crippen LogP contribution in [0, 0.1) is 0 Å². The van der Waals surface area contributed by atoms with Crippen LogP contribution in [0.25, 0.3) is 17.0 Å². The first kappa shape index (κ1) is 7.80. The lowest BCUT2D eigenvalue weighted by atomic mass is 10.2. The molecule has 0 bridgehead atoms. The molecule has 1 aliphatic rings. The third-order valence-corrected chi connectivity index (χ3v) is 2.72. The second-order valence-corrected chi connectivity index (χ2v) is 3.85. The van der Waals surface area contributed by atoms with Crippen LogP contribution in [0.2, 0.25) is 0 Å². The topological polar surface area (TPSA) is 28.1 Å². The number of aromatic amines is 1. The predicted molar refractivity (Wildman–Crippen MR) is 57.6 cm³/mol. The fourth-order valence-corrected chi connectivity index (χ4v) is 2.00. The van der Waals surface area contributed by atoms with E-state index in [0.29, 0.717) is 6.04 Å². The zero-order valence-corrected chi connectivity index (χ0v) is 8.12. The Morgan fingerprint density at radius 1 is 1.36 bits per heavy atom. The fraction of sp³-hybridized carbons (Fsp3) is 0.250. The largest absolute Gasteiger partial charge is 0.353 e. The highest BCUT2D eigenvalue weighted by Gasteiger charge is 2.06. The SMILES string of the molecule is CC1CC=c2[nH]c3ccccc3c2=N1. The second-order valence-electron chi connectivity index (χ2n) is 3.85. The quantitative estimate of drug-likeness (QED) is 0.640. The Kier molecular flexibility index (Phi) is 1.51. The van der Waals surface area contributed by atoms with E-state index < -0.39 is 0 Å². The number of hydrogen-bond donors (Lipinski definition) is 1. The number of aromatic nitrogens is 1. The molecule has 0 spiro atoms. The van der Waals surface area contributed by atoms with Gasteiger partial charge in [0.1, 0.15) is 0 Å². The van der Waals surface area contributed by atoms with Gasteiger partial charge in [0.25, 0.3) is 0 Å². The first-order valence-corrected chi connectivity index (χ1v) is 4.99. The first-order chi connectivity index (χ1) is 6.84. The van der Waals surface area contributed by atoms with E-state index in [1.54, 1.807) is 0 Å². The predicted octanol–water partition coefficient (Wildman–Crippen LogP) is 1.36. The van der Waals surface area contributed by atoms with E-state index in [1.165, 1.54) is 16.3 Å². The molecule has 2 heteroatoms. The smallest absolute Gasteiger partial charge is 0.0902 e. The maximum Gasteiger partial charge on any atom is 0.0902 e. The van der Waals surface area contributed by atoms with Crippen LogP contribution in [0.3, 0.4) is 0 Å². The van der Waals surface area contributed by atoms with E-state index in [4.69, 9.17) is 0 Å². The average Bonchev–Trinajstić information content (AvgIpc) is 2.56. The molecule has 2 heterocycles. The third kappa shape index (κ3) is 1.00. The highest BCUT2D eigenvalue weighted by molar-refractivity contribution is 5.79. The van der Waals surface area contributed by atoms with Gasteiger partial charge in [-0.1, -0.05) is 24.3 Å². The minimum absolute atomic E-state index is 0.418. The van der Waals surface area contributed by atoms with E-state index in [9.17, 15) is 0 Å². The number of fused-ring (bicyclic) bond motifs is 3. The van der Waals surface area contributed by atoms with Gasteiger partial charge < -0.3 is 4.98 Å². The summed E-state index contributed by atoms with van der Waals surface area (Å²) in [4.78, 5) is 8.06. The molecule has 70 valence electrons. The number of nitrogens with zero attached hydrogens (tertiary/aromatic N) is 1. The van der Waals surface area contributed by atoms with Crippen molar-refractivity contribution in [3.8, 4) is 0 Å². The lowest BCUT2D eigenvalue weighted by molar-refractivity contribution is 0.739. The van der Waals surface area contributed by atoms with Crippen molar-refractivity contribution < 1.29 is 0 Å². The Hall–Kier alpha value is -1.57. The molecule has 1 atom stereocenters. The van der Waals surface area contributed by atoms with E-state index in [-0.39, 0.29) is 0 Å². The Labute approximate surface area is 82.0 Å². The van der Waals surface area contributed by atoms with Gasteiger partial charge in [-0.2, -0.15) is 0 Å². The zero-order chi connectivity index (χ0) is 9.54. The molecule has 1 aliphatic heterocycles. The summed E-state index contributed by atoms with van der Waals surface area (Å²) in [7, 11) is 0. The van der Waals surface area contributed by atoms with Crippen molar-refractivity contribution >= 4 is 17.0 Å². The monoisotopic (exact) mass is 184 g/mol. The number of hydrogen-bond acceptors (Lipinski definition) is 1. The van der Waals surface area contributed by atoms with Crippen LogP contribution in [0.1, 0.15) is 13.3 Å². The number of rotatable bonds is 0. The molecule has 2 aromatic rings. The molecule has 0 radical (unpaired) electrons. The highest BCUT2D eigenvalue weighted by Crippen LogP contribution is 2.07. The van der Waals surface area contributed by atoms with Gasteiger partial charge in [0.05, 0.1) is 16.7 Å². The molecule has 0 saturated carbocycles. The van der Waals surface area contributed by atoms with Crippen molar-refractivity contribution in [2.75, 3.05) is 0 Å². The normalized spacial score (nSPS) is 19.9. The van der Waals surface area contributed by atoms with Crippen molar-refractivity contribution in [2.24, 2.45) is 4.99 Å². The van der Waals surface area contributed by atoms with E-state index >= 15 is 0 Å². The molecule has 2 nitrogen and oxygen atoms in total. The second kappa shape index (κ2) is 2.71. The number of H-pyrrole nitrogens is 1. The van der Waals surface area contributed by atoms with Gasteiger partial charge in [0.15, 0.2) is 0 Å². The number of nitrogens with one attached hydrogen (secondary N) is 1. The van der Waals surface area contributed by atoms with E-state index in [2.05, 4.69) is 41.2 Å². The number of para-hydroxylation sites is 1. The Balaban J connectivity index is 2.54. The van der Waals surface area contributed by atoms with Crippen molar-refractivity contribution in [1.29, 1.82) is 0 Å². The molecule has 14 heavy (non-hydrogen) atoms. The summed E-state index contributed by atoms with van der Waals surface area (Å²) >= 11 is 0. The van der Waals surface area contributed by atoms with Crippen molar-refractivity contribution in [3.05, 3.63) is 35.0 Å². The summed E-state index contributed by atoms with van der Waals surface area (Å²) in [6, 6.07) is 8.75. The van der Waals surface area contributed by atoms with Crippen LogP contribution in [-0.4, -0.2) is 11.0 Å². The summed E-state index contributed by atoms with van der Waals surface area (Å²) < 4.78 is 0. The zero-order valence-electron chi connectivity index (χ0n) is 8.12. The van der Waals surface area contributed by atoms with Gasteiger partial charge in [0.2, 0.25) is 0 Å².